The fourth-order valence-electron chi connectivity index (χ4n) is 1.65. The summed E-state index contributed by atoms with van der Waals surface area (Å²) in [5, 5.41) is 5.34. The molecule has 0 aliphatic rings. The lowest BCUT2D eigenvalue weighted by molar-refractivity contribution is -0.137. The van der Waals surface area contributed by atoms with Crippen molar-refractivity contribution in [3.63, 3.8) is 0 Å². The third-order valence-electron chi connectivity index (χ3n) is 2.62. The first-order valence-electron chi connectivity index (χ1n) is 5.96. The van der Waals surface area contributed by atoms with Crippen molar-refractivity contribution in [3.05, 3.63) is 58.9 Å². The summed E-state index contributed by atoms with van der Waals surface area (Å²) < 4.78 is 51.4. The van der Waals surface area contributed by atoms with Crippen molar-refractivity contribution in [2.75, 3.05) is 10.6 Å². The lowest BCUT2D eigenvalue weighted by Gasteiger charge is -2.13. The summed E-state index contributed by atoms with van der Waals surface area (Å²) in [4.78, 5) is 0. The smallest absolute Gasteiger partial charge is 0.332 e. The van der Waals surface area contributed by atoms with E-state index in [1.165, 1.54) is 24.3 Å². The van der Waals surface area contributed by atoms with Gasteiger partial charge in [0.2, 0.25) is 0 Å². The molecule has 2 rings (SSSR count). The Kier molecular flexibility index (Phi) is 4.87. The molecule has 116 valence electrons. The van der Waals surface area contributed by atoms with Gasteiger partial charge in [-0.25, -0.2) is 4.39 Å². The molecule has 0 radical (unpaired) electrons. The monoisotopic (exact) mass is 348 g/mol. The van der Waals surface area contributed by atoms with Crippen LogP contribution in [0.25, 0.3) is 0 Å². The van der Waals surface area contributed by atoms with Crippen LogP contribution in [0.3, 0.4) is 0 Å². The van der Waals surface area contributed by atoms with Crippen molar-refractivity contribution in [1.82, 2.24) is 0 Å². The fourth-order valence-corrected chi connectivity index (χ4v) is 2.05. The zero-order valence-corrected chi connectivity index (χ0v) is 12.4. The Morgan fingerprint density at radius 3 is 2.45 bits per heavy atom. The van der Waals surface area contributed by atoms with Crippen LogP contribution in [0.2, 0.25) is 5.02 Å². The first-order chi connectivity index (χ1) is 10.3. The normalized spacial score (nSPS) is 11.1. The van der Waals surface area contributed by atoms with Crippen LogP contribution in [0, 0.1) is 5.82 Å². The predicted molar refractivity (Wildman–Crippen MR) is 82.7 cm³/mol. The third-order valence-corrected chi connectivity index (χ3v) is 3.06. The second-order valence-corrected chi connectivity index (χ2v) is 5.13. The summed E-state index contributed by atoms with van der Waals surface area (Å²) in [7, 11) is 0. The molecule has 0 heterocycles. The summed E-state index contributed by atoms with van der Waals surface area (Å²) >= 11 is 10.7. The number of hydrogen-bond donors (Lipinski definition) is 2. The van der Waals surface area contributed by atoms with Gasteiger partial charge in [-0.15, -0.1) is 0 Å². The quantitative estimate of drug-likeness (QED) is 0.568. The number of nitrogens with one attached hydrogen (secondary N) is 2. The summed E-state index contributed by atoms with van der Waals surface area (Å²) in [6.07, 6.45) is -4.45. The van der Waals surface area contributed by atoms with Crippen molar-refractivity contribution >= 4 is 40.3 Å². The maximum atomic E-state index is 13.5. The van der Waals surface area contributed by atoms with Gasteiger partial charge in [-0.1, -0.05) is 17.7 Å². The second kappa shape index (κ2) is 6.50. The minimum Gasteiger partial charge on any atom is -0.332 e. The lowest BCUT2D eigenvalue weighted by atomic mass is 10.2. The summed E-state index contributed by atoms with van der Waals surface area (Å²) in [6, 6.07) is 8.34. The minimum atomic E-state index is -4.45. The third kappa shape index (κ3) is 4.32. The molecule has 0 aromatic heterocycles. The topological polar surface area (TPSA) is 24.1 Å². The Morgan fingerprint density at radius 2 is 1.77 bits per heavy atom. The van der Waals surface area contributed by atoms with Gasteiger partial charge in [-0.2, -0.15) is 13.2 Å². The van der Waals surface area contributed by atoms with Crippen LogP contribution in [0.15, 0.2) is 42.5 Å². The molecule has 2 nitrogen and oxygen atoms in total. The number of halogens is 5. The van der Waals surface area contributed by atoms with Crippen LogP contribution in [0.1, 0.15) is 5.56 Å². The van der Waals surface area contributed by atoms with E-state index in [2.05, 4.69) is 10.6 Å². The van der Waals surface area contributed by atoms with Crippen LogP contribution in [-0.4, -0.2) is 5.11 Å². The molecule has 0 amide bonds. The van der Waals surface area contributed by atoms with E-state index in [-0.39, 0.29) is 16.5 Å². The largest absolute Gasteiger partial charge is 0.416 e. The lowest BCUT2D eigenvalue weighted by Crippen LogP contribution is -2.20. The number of anilines is 2. The van der Waals surface area contributed by atoms with Crippen LogP contribution >= 0.6 is 23.8 Å². The molecule has 0 aliphatic heterocycles. The van der Waals surface area contributed by atoms with Crippen molar-refractivity contribution in [2.45, 2.75) is 6.18 Å². The number of hydrogen-bond acceptors (Lipinski definition) is 1. The standard InChI is InChI=1S/C14H9ClF4N2S/c15-9-4-5-11(16)12(7-9)21-13(22)20-10-3-1-2-8(6-10)14(17,18)19/h1-7H,(H2,20,21,22). The van der Waals surface area contributed by atoms with Gasteiger partial charge in [0.1, 0.15) is 5.82 Å². The van der Waals surface area contributed by atoms with Crippen molar-refractivity contribution < 1.29 is 17.6 Å². The molecule has 0 bridgehead atoms. The van der Waals surface area contributed by atoms with Crippen LogP contribution < -0.4 is 10.6 Å². The van der Waals surface area contributed by atoms with Gasteiger partial charge in [-0.3, -0.25) is 0 Å². The number of alkyl halides is 3. The van der Waals surface area contributed by atoms with Gasteiger partial charge in [-0.05, 0) is 48.6 Å². The van der Waals surface area contributed by atoms with Crippen molar-refractivity contribution in [1.29, 1.82) is 0 Å². The van der Waals surface area contributed by atoms with E-state index in [4.69, 9.17) is 23.8 Å². The molecule has 0 spiro atoms. The SMILES string of the molecule is Fc1ccc(Cl)cc1NC(=S)Nc1cccc(C(F)(F)F)c1. The van der Waals surface area contributed by atoms with E-state index in [0.29, 0.717) is 5.02 Å². The highest BCUT2D eigenvalue weighted by atomic mass is 35.5. The van der Waals surface area contributed by atoms with Gasteiger partial charge < -0.3 is 10.6 Å². The maximum Gasteiger partial charge on any atom is 0.416 e. The fraction of sp³-hybridized carbons (Fsp3) is 0.0714. The Balaban J connectivity index is 2.11. The first kappa shape index (κ1) is 16.5. The van der Waals surface area contributed by atoms with E-state index in [1.807, 2.05) is 0 Å². The molecular formula is C14H9ClF4N2S. The number of rotatable bonds is 2. The van der Waals surface area contributed by atoms with Gasteiger partial charge >= 0.3 is 6.18 Å². The van der Waals surface area contributed by atoms with Gasteiger partial charge in [0, 0.05) is 10.7 Å². The molecule has 0 atom stereocenters. The van der Waals surface area contributed by atoms with Crippen molar-refractivity contribution in [3.8, 4) is 0 Å². The highest BCUT2D eigenvalue weighted by molar-refractivity contribution is 7.80. The van der Waals surface area contributed by atoms with Gasteiger partial charge in [0.15, 0.2) is 5.11 Å². The summed E-state index contributed by atoms with van der Waals surface area (Å²) in [5.74, 6) is -0.586. The molecule has 2 aromatic rings. The summed E-state index contributed by atoms with van der Waals surface area (Å²) in [5.41, 5.74) is -0.652. The Bertz CT molecular complexity index is 703. The molecule has 0 saturated carbocycles. The molecule has 0 fully saturated rings. The summed E-state index contributed by atoms with van der Waals surface area (Å²) in [6.45, 7) is 0. The molecule has 2 aromatic carbocycles. The van der Waals surface area contributed by atoms with Crippen LogP contribution in [0.4, 0.5) is 28.9 Å². The van der Waals surface area contributed by atoms with Crippen LogP contribution in [0.5, 0.6) is 0 Å². The van der Waals surface area contributed by atoms with E-state index >= 15 is 0 Å². The maximum absolute atomic E-state index is 13.5. The van der Waals surface area contributed by atoms with Gasteiger partial charge in [0.05, 0.1) is 11.3 Å². The van der Waals surface area contributed by atoms with E-state index in [9.17, 15) is 17.6 Å². The van der Waals surface area contributed by atoms with Crippen molar-refractivity contribution in [2.24, 2.45) is 0 Å². The second-order valence-electron chi connectivity index (χ2n) is 4.28. The predicted octanol–water partition coefficient (Wildman–Crippen LogP) is 5.31. The van der Waals surface area contributed by atoms with Crippen LogP contribution in [-0.2, 0) is 6.18 Å². The van der Waals surface area contributed by atoms with Gasteiger partial charge in [0.25, 0.3) is 0 Å². The zero-order chi connectivity index (χ0) is 16.3. The Morgan fingerprint density at radius 1 is 1.05 bits per heavy atom. The Hall–Kier alpha value is -1.86. The molecular weight excluding hydrogens is 340 g/mol. The minimum absolute atomic E-state index is 0.0250. The Labute approximate surface area is 134 Å². The zero-order valence-electron chi connectivity index (χ0n) is 10.8. The number of benzene rings is 2. The van der Waals surface area contributed by atoms with E-state index in [1.54, 1.807) is 0 Å². The molecule has 0 saturated heterocycles. The number of thiocarbonyl (C=S) groups is 1. The highest BCUT2D eigenvalue weighted by Crippen LogP contribution is 2.30. The van der Waals surface area contributed by atoms with E-state index < -0.39 is 17.6 Å². The van der Waals surface area contributed by atoms with E-state index in [0.717, 1.165) is 18.2 Å². The molecule has 0 unspecified atom stereocenters. The highest BCUT2D eigenvalue weighted by Gasteiger charge is 2.30. The molecule has 0 aliphatic carbocycles. The molecule has 22 heavy (non-hydrogen) atoms. The average molecular weight is 349 g/mol. The molecule has 2 N–H and O–H groups in total. The average Bonchev–Trinajstić information content (AvgIpc) is 2.42. The molecule has 8 heteroatoms. The first-order valence-corrected chi connectivity index (χ1v) is 6.74.